The van der Waals surface area contributed by atoms with Crippen LogP contribution in [0.5, 0.6) is 0 Å². The van der Waals surface area contributed by atoms with E-state index < -0.39 is 0 Å². The van der Waals surface area contributed by atoms with Crippen molar-refractivity contribution in [2.75, 3.05) is 18.1 Å². The monoisotopic (exact) mass is 252 g/mol. The van der Waals surface area contributed by atoms with Gasteiger partial charge in [-0.1, -0.05) is 19.8 Å². The first kappa shape index (κ1) is 14.1. The molecule has 0 aromatic carbocycles. The minimum Gasteiger partial charge on any atom is -0.309 e. The summed E-state index contributed by atoms with van der Waals surface area (Å²) in [5.74, 6) is 6.01. The predicted octanol–water partition coefficient (Wildman–Crippen LogP) is 1.39. The molecule has 0 aliphatic heterocycles. The van der Waals surface area contributed by atoms with Gasteiger partial charge in [-0.25, -0.2) is 9.67 Å². The molecular weight excluding hydrogens is 232 g/mol. The zero-order chi connectivity index (χ0) is 12.5. The zero-order valence-electron chi connectivity index (χ0n) is 10.5. The standard InChI is InChI=1S/C12H20N4S/c1-4-6-17-7-5-13-8-12-14-10-15-16(12)9-11(2)3/h1,10-11,13H,5-9H2,2-3H3. The largest absolute Gasteiger partial charge is 0.309 e. The molecule has 17 heavy (non-hydrogen) atoms. The van der Waals surface area contributed by atoms with E-state index in [9.17, 15) is 0 Å². The summed E-state index contributed by atoms with van der Waals surface area (Å²) < 4.78 is 1.96. The van der Waals surface area contributed by atoms with Crippen LogP contribution in [0.25, 0.3) is 0 Å². The van der Waals surface area contributed by atoms with Gasteiger partial charge in [-0.15, -0.1) is 18.2 Å². The van der Waals surface area contributed by atoms with E-state index in [1.54, 1.807) is 18.1 Å². The molecule has 5 heteroatoms. The highest BCUT2D eigenvalue weighted by molar-refractivity contribution is 7.99. The molecule has 94 valence electrons. The second-order valence-corrected chi connectivity index (χ2v) is 5.29. The van der Waals surface area contributed by atoms with Gasteiger partial charge >= 0.3 is 0 Å². The van der Waals surface area contributed by atoms with Gasteiger partial charge < -0.3 is 5.32 Å². The van der Waals surface area contributed by atoms with Crippen LogP contribution in [0, 0.1) is 18.3 Å². The first-order valence-electron chi connectivity index (χ1n) is 5.82. The molecule has 1 aromatic heterocycles. The van der Waals surface area contributed by atoms with Crippen molar-refractivity contribution in [1.29, 1.82) is 0 Å². The molecule has 1 N–H and O–H groups in total. The van der Waals surface area contributed by atoms with E-state index >= 15 is 0 Å². The molecule has 0 atom stereocenters. The van der Waals surface area contributed by atoms with E-state index in [1.807, 2.05) is 4.68 Å². The summed E-state index contributed by atoms with van der Waals surface area (Å²) in [7, 11) is 0. The smallest absolute Gasteiger partial charge is 0.140 e. The summed E-state index contributed by atoms with van der Waals surface area (Å²) in [6.45, 7) is 6.98. The molecule has 1 aromatic rings. The van der Waals surface area contributed by atoms with Crippen LogP contribution in [-0.4, -0.2) is 32.8 Å². The summed E-state index contributed by atoms with van der Waals surface area (Å²) in [5, 5.41) is 7.57. The zero-order valence-corrected chi connectivity index (χ0v) is 11.3. The third-order valence-corrected chi connectivity index (χ3v) is 2.99. The molecule has 0 bridgehead atoms. The van der Waals surface area contributed by atoms with Crippen molar-refractivity contribution in [2.45, 2.75) is 26.9 Å². The average Bonchev–Trinajstić information content (AvgIpc) is 2.70. The quantitative estimate of drug-likeness (QED) is 0.561. The summed E-state index contributed by atoms with van der Waals surface area (Å²) in [6.07, 6.45) is 6.79. The first-order chi connectivity index (χ1) is 8.24. The van der Waals surface area contributed by atoms with Gasteiger partial charge in [-0.3, -0.25) is 0 Å². The van der Waals surface area contributed by atoms with Crippen LogP contribution in [0.2, 0.25) is 0 Å². The maximum absolute atomic E-state index is 5.17. The maximum atomic E-state index is 5.17. The number of rotatable bonds is 8. The van der Waals surface area contributed by atoms with Gasteiger partial charge in [0, 0.05) is 18.8 Å². The average molecular weight is 252 g/mol. The van der Waals surface area contributed by atoms with Crippen LogP contribution in [0.4, 0.5) is 0 Å². The second kappa shape index (κ2) is 8.15. The summed E-state index contributed by atoms with van der Waals surface area (Å²) >= 11 is 1.76. The molecule has 0 spiro atoms. The van der Waals surface area contributed by atoms with E-state index in [0.29, 0.717) is 5.92 Å². The van der Waals surface area contributed by atoms with Crippen molar-refractivity contribution in [1.82, 2.24) is 20.1 Å². The van der Waals surface area contributed by atoms with Gasteiger partial charge in [-0.05, 0) is 5.92 Å². The minimum atomic E-state index is 0.585. The van der Waals surface area contributed by atoms with Crippen molar-refractivity contribution >= 4 is 11.8 Å². The minimum absolute atomic E-state index is 0.585. The maximum Gasteiger partial charge on any atom is 0.140 e. The number of hydrogen-bond donors (Lipinski definition) is 1. The predicted molar refractivity (Wildman–Crippen MR) is 72.7 cm³/mol. The van der Waals surface area contributed by atoms with E-state index in [2.05, 4.69) is 35.2 Å². The lowest BCUT2D eigenvalue weighted by Gasteiger charge is -2.09. The molecule has 4 nitrogen and oxygen atoms in total. The molecular formula is C12H20N4S. The van der Waals surface area contributed by atoms with E-state index in [-0.39, 0.29) is 0 Å². The molecule has 0 unspecified atom stereocenters. The van der Waals surface area contributed by atoms with E-state index in [4.69, 9.17) is 6.42 Å². The number of aromatic nitrogens is 3. The molecule has 1 rings (SSSR count). The van der Waals surface area contributed by atoms with Gasteiger partial charge in [0.1, 0.15) is 12.2 Å². The third-order valence-electron chi connectivity index (χ3n) is 2.13. The SMILES string of the molecule is C#CCSCCNCc1ncnn1CC(C)C. The Bertz CT molecular complexity index is 354. The van der Waals surface area contributed by atoms with Gasteiger partial charge in [0.05, 0.1) is 12.3 Å². The Labute approximate surface area is 108 Å². The van der Waals surface area contributed by atoms with Crippen LogP contribution < -0.4 is 5.32 Å². The number of terminal acetylenes is 1. The van der Waals surface area contributed by atoms with Crippen LogP contribution in [0.3, 0.4) is 0 Å². The van der Waals surface area contributed by atoms with E-state index in [0.717, 1.165) is 37.0 Å². The summed E-state index contributed by atoms with van der Waals surface area (Å²) in [4.78, 5) is 4.25. The Morgan fingerprint density at radius 2 is 2.41 bits per heavy atom. The summed E-state index contributed by atoms with van der Waals surface area (Å²) in [6, 6.07) is 0. The van der Waals surface area contributed by atoms with E-state index in [1.165, 1.54) is 0 Å². The molecule has 0 fully saturated rings. The van der Waals surface area contributed by atoms with Crippen molar-refractivity contribution in [2.24, 2.45) is 5.92 Å². The normalized spacial score (nSPS) is 10.7. The van der Waals surface area contributed by atoms with Crippen LogP contribution >= 0.6 is 11.8 Å². The van der Waals surface area contributed by atoms with Crippen molar-refractivity contribution in [3.05, 3.63) is 12.2 Å². The molecule has 0 saturated heterocycles. The van der Waals surface area contributed by atoms with Gasteiger partial charge in [0.25, 0.3) is 0 Å². The fourth-order valence-electron chi connectivity index (χ4n) is 1.40. The lowest BCUT2D eigenvalue weighted by molar-refractivity contribution is 0.459. The van der Waals surface area contributed by atoms with Crippen LogP contribution in [0.1, 0.15) is 19.7 Å². The summed E-state index contributed by atoms with van der Waals surface area (Å²) in [5.41, 5.74) is 0. The lowest BCUT2D eigenvalue weighted by Crippen LogP contribution is -2.21. The molecule has 0 aliphatic rings. The first-order valence-corrected chi connectivity index (χ1v) is 6.98. The van der Waals surface area contributed by atoms with Gasteiger partial charge in [0.2, 0.25) is 0 Å². The van der Waals surface area contributed by atoms with Gasteiger partial charge in [0.15, 0.2) is 0 Å². The molecule has 0 saturated carbocycles. The number of nitrogens with zero attached hydrogens (tertiary/aromatic N) is 3. The fraction of sp³-hybridized carbons (Fsp3) is 0.667. The Kier molecular flexibility index (Phi) is 6.75. The van der Waals surface area contributed by atoms with Crippen molar-refractivity contribution in [3.63, 3.8) is 0 Å². The number of nitrogens with one attached hydrogen (secondary N) is 1. The molecule has 0 amide bonds. The number of hydrogen-bond acceptors (Lipinski definition) is 4. The highest BCUT2D eigenvalue weighted by atomic mass is 32.2. The topological polar surface area (TPSA) is 42.7 Å². The Balaban J connectivity index is 2.22. The lowest BCUT2D eigenvalue weighted by atomic mass is 10.2. The molecule has 0 aliphatic carbocycles. The molecule has 1 heterocycles. The molecule has 0 radical (unpaired) electrons. The fourth-order valence-corrected chi connectivity index (χ4v) is 1.95. The highest BCUT2D eigenvalue weighted by Gasteiger charge is 2.05. The highest BCUT2D eigenvalue weighted by Crippen LogP contribution is 2.01. The van der Waals surface area contributed by atoms with Crippen LogP contribution in [0.15, 0.2) is 6.33 Å². The Morgan fingerprint density at radius 1 is 1.59 bits per heavy atom. The second-order valence-electron chi connectivity index (χ2n) is 4.19. The Morgan fingerprint density at radius 3 is 3.12 bits per heavy atom. The Hall–Kier alpha value is -0.990. The van der Waals surface area contributed by atoms with Crippen molar-refractivity contribution in [3.8, 4) is 12.3 Å². The van der Waals surface area contributed by atoms with Crippen LogP contribution in [-0.2, 0) is 13.1 Å². The van der Waals surface area contributed by atoms with Crippen molar-refractivity contribution < 1.29 is 0 Å². The third kappa shape index (κ3) is 5.76. The van der Waals surface area contributed by atoms with Gasteiger partial charge in [-0.2, -0.15) is 5.10 Å². The number of thioether (sulfide) groups is 1.